The Morgan fingerprint density at radius 2 is 1.94 bits per heavy atom. The largest absolute Gasteiger partial charge is 0.383 e. The molecule has 0 radical (unpaired) electrons. The quantitative estimate of drug-likeness (QED) is 0.943. The summed E-state index contributed by atoms with van der Waals surface area (Å²) in [7, 11) is 0. The first kappa shape index (κ1) is 12.1. The number of aryl methyl sites for hydroxylation is 2. The van der Waals surface area contributed by atoms with Crippen molar-refractivity contribution in [3.8, 4) is 0 Å². The average molecular weight is 295 g/mol. The molecule has 0 aliphatic rings. The highest BCUT2D eigenvalue weighted by atomic mass is 79.9. The van der Waals surface area contributed by atoms with Crippen LogP contribution in [0.3, 0.4) is 0 Å². The maximum absolute atomic E-state index is 4.31. The lowest BCUT2D eigenvalue weighted by Gasteiger charge is -2.07. The number of aromatic nitrogens is 3. The first-order valence-electron chi connectivity index (χ1n) is 5.52. The number of nitrogens with one attached hydrogen (secondary N) is 1. The summed E-state index contributed by atoms with van der Waals surface area (Å²) in [4.78, 5) is 4.27. The van der Waals surface area contributed by atoms with Crippen LogP contribution in [0.2, 0.25) is 0 Å². The van der Waals surface area contributed by atoms with Crippen molar-refractivity contribution in [3.63, 3.8) is 0 Å². The van der Waals surface area contributed by atoms with Crippen LogP contribution in [0.1, 0.15) is 11.6 Å². The lowest BCUT2D eigenvalue weighted by Crippen LogP contribution is -2.12. The molecule has 0 saturated carbocycles. The first-order chi connectivity index (χ1) is 8.15. The van der Waals surface area contributed by atoms with Gasteiger partial charge < -0.3 is 5.32 Å². The van der Waals surface area contributed by atoms with Crippen LogP contribution in [0, 0.1) is 13.8 Å². The lowest BCUT2D eigenvalue weighted by atomic mass is 10.3. The van der Waals surface area contributed by atoms with Gasteiger partial charge in [-0.05, 0) is 38.1 Å². The van der Waals surface area contributed by atoms with E-state index >= 15 is 0 Å². The topological polar surface area (TPSA) is 42.7 Å². The lowest BCUT2D eigenvalue weighted by molar-refractivity contribution is 0.612. The summed E-state index contributed by atoms with van der Waals surface area (Å²) in [5.74, 6) is 1.78. The van der Waals surface area contributed by atoms with Crippen LogP contribution in [0.5, 0.6) is 0 Å². The molecule has 1 heterocycles. The highest BCUT2D eigenvalue weighted by molar-refractivity contribution is 9.10. The molecule has 0 fully saturated rings. The third kappa shape index (κ3) is 3.30. The van der Waals surface area contributed by atoms with Crippen molar-refractivity contribution in [1.29, 1.82) is 0 Å². The highest BCUT2D eigenvalue weighted by Crippen LogP contribution is 2.13. The van der Waals surface area contributed by atoms with E-state index in [1.54, 1.807) is 0 Å². The predicted molar refractivity (Wildman–Crippen MR) is 72.1 cm³/mol. The molecule has 0 aliphatic heterocycles. The summed E-state index contributed by atoms with van der Waals surface area (Å²) in [6.45, 7) is 5.54. The minimum atomic E-state index is 0.822. The van der Waals surface area contributed by atoms with E-state index in [0.717, 1.165) is 34.9 Å². The smallest absolute Gasteiger partial charge is 0.147 e. The number of halogens is 1. The van der Waals surface area contributed by atoms with Crippen LogP contribution >= 0.6 is 15.9 Å². The van der Waals surface area contributed by atoms with Gasteiger partial charge in [-0.3, -0.25) is 0 Å². The van der Waals surface area contributed by atoms with E-state index in [1.807, 2.05) is 42.8 Å². The van der Waals surface area contributed by atoms with Gasteiger partial charge in [0.25, 0.3) is 0 Å². The molecule has 90 valence electrons. The fraction of sp³-hybridized carbons (Fsp3) is 0.333. The van der Waals surface area contributed by atoms with Crippen molar-refractivity contribution in [2.24, 2.45) is 0 Å². The molecule has 0 bridgehead atoms. The van der Waals surface area contributed by atoms with Gasteiger partial charge in [0.2, 0.25) is 0 Å². The van der Waals surface area contributed by atoms with Gasteiger partial charge in [0, 0.05) is 16.7 Å². The Balaban J connectivity index is 1.87. The molecule has 1 N–H and O–H groups in total. The molecule has 1 aromatic heterocycles. The van der Waals surface area contributed by atoms with Gasteiger partial charge in [0.05, 0.1) is 6.54 Å². The summed E-state index contributed by atoms with van der Waals surface area (Å²) in [5.41, 5.74) is 1.11. The van der Waals surface area contributed by atoms with Crippen molar-refractivity contribution in [2.75, 3.05) is 11.9 Å². The minimum Gasteiger partial charge on any atom is -0.383 e. The summed E-state index contributed by atoms with van der Waals surface area (Å²) >= 11 is 3.41. The van der Waals surface area contributed by atoms with Gasteiger partial charge in [-0.25, -0.2) is 9.67 Å². The van der Waals surface area contributed by atoms with Crippen LogP contribution in [0.4, 0.5) is 5.69 Å². The first-order valence-corrected chi connectivity index (χ1v) is 6.32. The second kappa shape index (κ2) is 5.31. The summed E-state index contributed by atoms with van der Waals surface area (Å²) in [6, 6.07) is 8.13. The maximum Gasteiger partial charge on any atom is 0.147 e. The number of anilines is 1. The number of rotatable bonds is 4. The number of hydrogen-bond acceptors (Lipinski definition) is 3. The van der Waals surface area contributed by atoms with Crippen LogP contribution in [-0.4, -0.2) is 21.3 Å². The molecule has 4 nitrogen and oxygen atoms in total. The van der Waals surface area contributed by atoms with E-state index in [9.17, 15) is 0 Å². The second-order valence-corrected chi connectivity index (χ2v) is 4.78. The summed E-state index contributed by atoms with van der Waals surface area (Å²) < 4.78 is 3.01. The maximum atomic E-state index is 4.31. The Bertz CT molecular complexity index is 490. The standard InChI is InChI=1S/C12H15BrN4/c1-9-15-10(2)17(16-9)8-7-14-12-5-3-11(13)4-6-12/h3-6,14H,7-8H2,1-2H3. The van der Waals surface area contributed by atoms with Gasteiger partial charge in [-0.2, -0.15) is 5.10 Å². The zero-order valence-electron chi connectivity index (χ0n) is 9.94. The number of benzene rings is 1. The zero-order valence-corrected chi connectivity index (χ0v) is 11.5. The molecule has 17 heavy (non-hydrogen) atoms. The van der Waals surface area contributed by atoms with E-state index in [0.29, 0.717) is 0 Å². The van der Waals surface area contributed by atoms with Crippen molar-refractivity contribution in [1.82, 2.24) is 14.8 Å². The van der Waals surface area contributed by atoms with E-state index in [2.05, 4.69) is 31.3 Å². The number of hydrogen-bond donors (Lipinski definition) is 1. The Kier molecular flexibility index (Phi) is 3.78. The average Bonchev–Trinajstić information content (AvgIpc) is 2.60. The van der Waals surface area contributed by atoms with Gasteiger partial charge >= 0.3 is 0 Å². The van der Waals surface area contributed by atoms with Crippen LogP contribution in [0.15, 0.2) is 28.7 Å². The van der Waals surface area contributed by atoms with Crippen molar-refractivity contribution >= 4 is 21.6 Å². The third-order valence-corrected chi connectivity index (χ3v) is 2.99. The normalized spacial score (nSPS) is 10.5. The Hall–Kier alpha value is -1.36. The molecule has 0 unspecified atom stereocenters. The molecular weight excluding hydrogens is 280 g/mol. The van der Waals surface area contributed by atoms with E-state index < -0.39 is 0 Å². The molecule has 0 saturated heterocycles. The van der Waals surface area contributed by atoms with Crippen LogP contribution < -0.4 is 5.32 Å². The van der Waals surface area contributed by atoms with Gasteiger partial charge in [-0.15, -0.1) is 0 Å². The molecule has 2 aromatic rings. The Morgan fingerprint density at radius 1 is 1.24 bits per heavy atom. The fourth-order valence-electron chi connectivity index (χ4n) is 1.65. The van der Waals surface area contributed by atoms with Gasteiger partial charge in [0.15, 0.2) is 0 Å². The monoisotopic (exact) mass is 294 g/mol. The van der Waals surface area contributed by atoms with Gasteiger partial charge in [-0.1, -0.05) is 15.9 Å². The second-order valence-electron chi connectivity index (χ2n) is 3.86. The molecule has 2 rings (SSSR count). The molecule has 0 aliphatic carbocycles. The fourth-order valence-corrected chi connectivity index (χ4v) is 1.91. The van der Waals surface area contributed by atoms with Crippen LogP contribution in [-0.2, 0) is 6.54 Å². The molecule has 5 heteroatoms. The SMILES string of the molecule is Cc1nc(C)n(CCNc2ccc(Br)cc2)n1. The van der Waals surface area contributed by atoms with Crippen molar-refractivity contribution in [2.45, 2.75) is 20.4 Å². The van der Waals surface area contributed by atoms with E-state index in [1.165, 1.54) is 0 Å². The van der Waals surface area contributed by atoms with E-state index in [4.69, 9.17) is 0 Å². The molecule has 0 atom stereocenters. The number of nitrogens with zero attached hydrogens (tertiary/aromatic N) is 3. The van der Waals surface area contributed by atoms with Crippen molar-refractivity contribution in [3.05, 3.63) is 40.4 Å². The Morgan fingerprint density at radius 3 is 2.53 bits per heavy atom. The Labute approximate surface area is 109 Å². The molecular formula is C12H15BrN4. The van der Waals surface area contributed by atoms with Gasteiger partial charge in [0.1, 0.15) is 11.6 Å². The highest BCUT2D eigenvalue weighted by Gasteiger charge is 2.01. The van der Waals surface area contributed by atoms with E-state index in [-0.39, 0.29) is 0 Å². The summed E-state index contributed by atoms with van der Waals surface area (Å²) in [6.07, 6.45) is 0. The third-order valence-electron chi connectivity index (χ3n) is 2.46. The molecule has 0 spiro atoms. The molecule has 0 amide bonds. The zero-order chi connectivity index (χ0) is 12.3. The van der Waals surface area contributed by atoms with Crippen molar-refractivity contribution < 1.29 is 0 Å². The predicted octanol–water partition coefficient (Wildman–Crippen LogP) is 2.77. The summed E-state index contributed by atoms with van der Waals surface area (Å²) in [5, 5.41) is 7.66. The molecule has 1 aromatic carbocycles. The minimum absolute atomic E-state index is 0.822. The van der Waals surface area contributed by atoms with Crippen LogP contribution in [0.25, 0.3) is 0 Å².